The van der Waals surface area contributed by atoms with Gasteiger partial charge in [-0.25, -0.2) is 9.78 Å². The molecule has 2 heterocycles. The molecule has 0 radical (unpaired) electrons. The molecule has 0 aromatic carbocycles. The summed E-state index contributed by atoms with van der Waals surface area (Å²) in [6.07, 6.45) is 5.51. The van der Waals surface area contributed by atoms with Gasteiger partial charge in [-0.1, -0.05) is 0 Å². The number of carbonyl (C=O) groups is 2. The zero-order valence-electron chi connectivity index (χ0n) is 11.2. The molecule has 2 N–H and O–H groups in total. The van der Waals surface area contributed by atoms with Crippen LogP contribution >= 0.6 is 11.3 Å². The topological polar surface area (TPSA) is 74.3 Å². The fourth-order valence-corrected chi connectivity index (χ4v) is 2.89. The van der Waals surface area contributed by atoms with Crippen molar-refractivity contribution in [2.45, 2.75) is 31.7 Å². The van der Waals surface area contributed by atoms with Crippen LogP contribution in [0.4, 0.5) is 9.93 Å². The normalized spacial score (nSPS) is 22.4. The Hall–Kier alpha value is -1.63. The van der Waals surface area contributed by atoms with Crippen molar-refractivity contribution < 1.29 is 9.59 Å². The van der Waals surface area contributed by atoms with E-state index in [1.807, 2.05) is 5.38 Å². The summed E-state index contributed by atoms with van der Waals surface area (Å²) in [6, 6.07) is 0.325. The second-order valence-electron chi connectivity index (χ2n) is 5.34. The van der Waals surface area contributed by atoms with Crippen molar-refractivity contribution in [3.63, 3.8) is 0 Å². The van der Waals surface area contributed by atoms with E-state index in [9.17, 15) is 9.59 Å². The van der Waals surface area contributed by atoms with Gasteiger partial charge in [0.05, 0.1) is 5.92 Å². The van der Waals surface area contributed by atoms with Gasteiger partial charge in [0.1, 0.15) is 0 Å². The fourth-order valence-electron chi connectivity index (χ4n) is 2.36. The Morgan fingerprint density at radius 2 is 2.20 bits per heavy atom. The average molecular weight is 294 g/mol. The SMILES string of the molecule is O=C(Nc1nccs1)C1CCCN(C(=O)NC2CC2)C1. The number of carbonyl (C=O) groups excluding carboxylic acids is 2. The second-order valence-corrected chi connectivity index (χ2v) is 6.23. The molecule has 1 aromatic heterocycles. The second kappa shape index (κ2) is 5.78. The smallest absolute Gasteiger partial charge is 0.317 e. The zero-order valence-corrected chi connectivity index (χ0v) is 12.0. The van der Waals surface area contributed by atoms with Crippen LogP contribution < -0.4 is 10.6 Å². The summed E-state index contributed by atoms with van der Waals surface area (Å²) in [5.41, 5.74) is 0. The maximum absolute atomic E-state index is 12.2. The lowest BCUT2D eigenvalue weighted by molar-refractivity contribution is -0.121. The number of amides is 3. The predicted octanol–water partition coefficient (Wildman–Crippen LogP) is 1.67. The number of likely N-dealkylation sites (tertiary alicyclic amines) is 1. The third-order valence-electron chi connectivity index (χ3n) is 3.65. The highest BCUT2D eigenvalue weighted by molar-refractivity contribution is 7.13. The zero-order chi connectivity index (χ0) is 13.9. The van der Waals surface area contributed by atoms with E-state index < -0.39 is 0 Å². The van der Waals surface area contributed by atoms with Crippen LogP contribution in [-0.2, 0) is 4.79 Å². The minimum atomic E-state index is -0.141. The lowest BCUT2D eigenvalue weighted by Gasteiger charge is -2.31. The number of anilines is 1. The molecule has 1 atom stereocenters. The maximum atomic E-state index is 12.2. The van der Waals surface area contributed by atoms with Gasteiger partial charge in [0.15, 0.2) is 5.13 Å². The number of thiazole rings is 1. The van der Waals surface area contributed by atoms with Crippen molar-refractivity contribution in [3.05, 3.63) is 11.6 Å². The Kier molecular flexibility index (Phi) is 3.86. The van der Waals surface area contributed by atoms with Gasteiger partial charge < -0.3 is 15.5 Å². The van der Waals surface area contributed by atoms with Crippen molar-refractivity contribution >= 4 is 28.4 Å². The first-order valence-corrected chi connectivity index (χ1v) is 7.86. The molecule has 0 spiro atoms. The standard InChI is InChI=1S/C13H18N4O2S/c18-11(16-12-14-5-7-20-12)9-2-1-6-17(8-9)13(19)15-10-3-4-10/h5,7,9-10H,1-4,6,8H2,(H,15,19)(H,14,16,18). The summed E-state index contributed by atoms with van der Waals surface area (Å²) >= 11 is 1.40. The molecule has 1 aromatic rings. The minimum absolute atomic E-state index is 0.0285. The Labute approximate surface area is 121 Å². The van der Waals surface area contributed by atoms with Gasteiger partial charge in [-0.3, -0.25) is 4.79 Å². The molecule has 1 saturated carbocycles. The molecule has 1 aliphatic carbocycles. The van der Waals surface area contributed by atoms with Crippen molar-refractivity contribution in [1.29, 1.82) is 0 Å². The third kappa shape index (κ3) is 3.27. The van der Waals surface area contributed by atoms with E-state index in [-0.39, 0.29) is 17.9 Å². The molecule has 3 rings (SSSR count). The monoisotopic (exact) mass is 294 g/mol. The summed E-state index contributed by atoms with van der Waals surface area (Å²) in [6.45, 7) is 1.23. The number of piperidine rings is 1. The van der Waals surface area contributed by atoms with Gasteiger partial charge in [-0.15, -0.1) is 11.3 Å². The van der Waals surface area contributed by atoms with E-state index in [2.05, 4.69) is 15.6 Å². The lowest BCUT2D eigenvalue weighted by Crippen LogP contribution is -2.48. The molecule has 6 nitrogen and oxygen atoms in total. The van der Waals surface area contributed by atoms with Crippen molar-refractivity contribution in [2.75, 3.05) is 18.4 Å². The summed E-state index contributed by atoms with van der Waals surface area (Å²) < 4.78 is 0. The number of nitrogens with one attached hydrogen (secondary N) is 2. The maximum Gasteiger partial charge on any atom is 0.317 e. The lowest BCUT2D eigenvalue weighted by atomic mass is 9.97. The van der Waals surface area contributed by atoms with Crippen LogP contribution in [-0.4, -0.2) is 41.0 Å². The molecular formula is C13H18N4O2S. The Bertz CT molecular complexity index is 487. The number of hydrogen-bond donors (Lipinski definition) is 2. The van der Waals surface area contributed by atoms with Crippen molar-refractivity contribution in [3.8, 4) is 0 Å². The van der Waals surface area contributed by atoms with Gasteiger partial charge in [-0.05, 0) is 25.7 Å². The van der Waals surface area contributed by atoms with E-state index in [0.29, 0.717) is 17.7 Å². The van der Waals surface area contributed by atoms with Gasteiger partial charge in [-0.2, -0.15) is 0 Å². The average Bonchev–Trinajstić information content (AvgIpc) is 3.12. The highest BCUT2D eigenvalue weighted by atomic mass is 32.1. The quantitative estimate of drug-likeness (QED) is 0.890. The number of hydrogen-bond acceptors (Lipinski definition) is 4. The van der Waals surface area contributed by atoms with E-state index >= 15 is 0 Å². The molecule has 108 valence electrons. The molecule has 20 heavy (non-hydrogen) atoms. The molecule has 7 heteroatoms. The van der Waals surface area contributed by atoms with Crippen molar-refractivity contribution in [1.82, 2.24) is 15.2 Å². The molecule has 0 bridgehead atoms. The molecule has 2 fully saturated rings. The number of nitrogens with zero attached hydrogens (tertiary/aromatic N) is 2. The summed E-state index contributed by atoms with van der Waals surface area (Å²) in [5, 5.41) is 8.23. The summed E-state index contributed by atoms with van der Waals surface area (Å²) in [5.74, 6) is -0.179. The van der Waals surface area contributed by atoms with Gasteiger partial charge in [0.2, 0.25) is 5.91 Å². The minimum Gasteiger partial charge on any atom is -0.335 e. The van der Waals surface area contributed by atoms with Crippen LogP contribution in [0.1, 0.15) is 25.7 Å². The van der Waals surface area contributed by atoms with Crippen LogP contribution in [0.3, 0.4) is 0 Å². The highest BCUT2D eigenvalue weighted by Gasteiger charge is 2.31. The number of aromatic nitrogens is 1. The van der Waals surface area contributed by atoms with Crippen LogP contribution in [0.5, 0.6) is 0 Å². The predicted molar refractivity (Wildman–Crippen MR) is 76.6 cm³/mol. The third-order valence-corrected chi connectivity index (χ3v) is 4.34. The molecule has 2 aliphatic rings. The van der Waals surface area contributed by atoms with Crippen LogP contribution in [0, 0.1) is 5.92 Å². The van der Waals surface area contributed by atoms with Gasteiger partial charge in [0.25, 0.3) is 0 Å². The van der Waals surface area contributed by atoms with E-state index in [4.69, 9.17) is 0 Å². The molecular weight excluding hydrogens is 276 g/mol. The fraction of sp³-hybridized carbons (Fsp3) is 0.615. The van der Waals surface area contributed by atoms with E-state index in [0.717, 1.165) is 32.2 Å². The summed E-state index contributed by atoms with van der Waals surface area (Å²) in [7, 11) is 0. The Morgan fingerprint density at radius 3 is 2.90 bits per heavy atom. The Morgan fingerprint density at radius 1 is 1.35 bits per heavy atom. The largest absolute Gasteiger partial charge is 0.335 e. The Balaban J connectivity index is 1.53. The molecule has 3 amide bonds. The van der Waals surface area contributed by atoms with Gasteiger partial charge >= 0.3 is 6.03 Å². The number of rotatable bonds is 3. The summed E-state index contributed by atoms with van der Waals surface area (Å²) in [4.78, 5) is 30.0. The molecule has 1 unspecified atom stereocenters. The first kappa shape index (κ1) is 13.4. The number of urea groups is 1. The van der Waals surface area contributed by atoms with Crippen LogP contribution in [0.2, 0.25) is 0 Å². The molecule has 1 saturated heterocycles. The van der Waals surface area contributed by atoms with E-state index in [1.165, 1.54) is 11.3 Å². The van der Waals surface area contributed by atoms with Gasteiger partial charge in [0, 0.05) is 30.7 Å². The first-order valence-electron chi connectivity index (χ1n) is 6.98. The van der Waals surface area contributed by atoms with Crippen LogP contribution in [0.25, 0.3) is 0 Å². The van der Waals surface area contributed by atoms with Crippen LogP contribution in [0.15, 0.2) is 11.6 Å². The molecule has 1 aliphatic heterocycles. The van der Waals surface area contributed by atoms with E-state index in [1.54, 1.807) is 11.1 Å². The van der Waals surface area contributed by atoms with Crippen molar-refractivity contribution in [2.24, 2.45) is 5.92 Å². The highest BCUT2D eigenvalue weighted by Crippen LogP contribution is 2.22. The first-order chi connectivity index (χ1) is 9.72.